The Morgan fingerprint density at radius 3 is 2.55 bits per heavy atom. The second kappa shape index (κ2) is 6.64. The maximum Gasteiger partial charge on any atom is 0.125 e. The van der Waals surface area contributed by atoms with E-state index in [0.717, 1.165) is 22.4 Å². The van der Waals surface area contributed by atoms with Crippen LogP contribution in [0.15, 0.2) is 36.4 Å². The highest BCUT2D eigenvalue weighted by Crippen LogP contribution is 2.26. The standard InChI is InChI=1S/C16H18ClNO2/c1-11-3-6-15(19-2)13(7-11)10-20-16-8-14(17)5-4-12(16)9-18/h3-8H,9-10,18H2,1-2H3. The third kappa shape index (κ3) is 3.44. The highest BCUT2D eigenvalue weighted by atomic mass is 35.5. The Hall–Kier alpha value is -1.71. The fourth-order valence-electron chi connectivity index (χ4n) is 2.01. The molecule has 0 aliphatic rings. The minimum atomic E-state index is 0.414. The minimum Gasteiger partial charge on any atom is -0.496 e. The summed E-state index contributed by atoms with van der Waals surface area (Å²) >= 11 is 5.99. The molecule has 0 heterocycles. The Balaban J connectivity index is 2.20. The first-order valence-corrected chi connectivity index (χ1v) is 6.76. The van der Waals surface area contributed by atoms with Gasteiger partial charge in [-0.25, -0.2) is 0 Å². The van der Waals surface area contributed by atoms with Crippen LogP contribution in [0.4, 0.5) is 0 Å². The van der Waals surface area contributed by atoms with Crippen LogP contribution in [0.5, 0.6) is 11.5 Å². The van der Waals surface area contributed by atoms with Gasteiger partial charge in [0, 0.05) is 22.7 Å². The predicted octanol–water partition coefficient (Wildman–Crippen LogP) is 3.69. The molecule has 0 fully saturated rings. The van der Waals surface area contributed by atoms with Crippen molar-refractivity contribution in [3.8, 4) is 11.5 Å². The summed E-state index contributed by atoms with van der Waals surface area (Å²) in [6.07, 6.45) is 0. The second-order valence-corrected chi connectivity index (χ2v) is 5.00. The maximum absolute atomic E-state index is 5.99. The number of aryl methyl sites for hydroxylation is 1. The zero-order valence-electron chi connectivity index (χ0n) is 11.7. The number of ether oxygens (including phenoxy) is 2. The zero-order chi connectivity index (χ0) is 14.5. The van der Waals surface area contributed by atoms with Crippen molar-refractivity contribution in [3.05, 3.63) is 58.1 Å². The van der Waals surface area contributed by atoms with E-state index in [4.69, 9.17) is 26.8 Å². The highest BCUT2D eigenvalue weighted by molar-refractivity contribution is 6.30. The zero-order valence-corrected chi connectivity index (χ0v) is 12.4. The van der Waals surface area contributed by atoms with Crippen molar-refractivity contribution in [2.24, 2.45) is 5.73 Å². The molecule has 0 unspecified atom stereocenters. The van der Waals surface area contributed by atoms with E-state index in [1.54, 1.807) is 13.2 Å². The van der Waals surface area contributed by atoms with E-state index in [-0.39, 0.29) is 0 Å². The predicted molar refractivity (Wildman–Crippen MR) is 81.4 cm³/mol. The molecule has 0 aliphatic heterocycles. The van der Waals surface area contributed by atoms with Crippen molar-refractivity contribution < 1.29 is 9.47 Å². The molecule has 0 aromatic heterocycles. The average Bonchev–Trinajstić information content (AvgIpc) is 2.45. The molecule has 106 valence electrons. The van der Waals surface area contributed by atoms with E-state index in [0.29, 0.717) is 23.9 Å². The van der Waals surface area contributed by atoms with Crippen LogP contribution < -0.4 is 15.2 Å². The molecule has 0 saturated heterocycles. The van der Waals surface area contributed by atoms with Crippen LogP contribution in [-0.4, -0.2) is 7.11 Å². The van der Waals surface area contributed by atoms with E-state index in [1.807, 2.05) is 37.3 Å². The van der Waals surface area contributed by atoms with E-state index >= 15 is 0 Å². The SMILES string of the molecule is COc1ccc(C)cc1COc1cc(Cl)ccc1CN. The second-order valence-electron chi connectivity index (χ2n) is 4.56. The lowest BCUT2D eigenvalue weighted by Crippen LogP contribution is -2.04. The Bertz CT molecular complexity index is 546. The topological polar surface area (TPSA) is 44.5 Å². The molecule has 0 saturated carbocycles. The van der Waals surface area contributed by atoms with Gasteiger partial charge in [-0.3, -0.25) is 0 Å². The van der Waals surface area contributed by atoms with Gasteiger partial charge in [-0.05, 0) is 31.2 Å². The largest absolute Gasteiger partial charge is 0.496 e. The normalized spacial score (nSPS) is 10.4. The molecule has 3 nitrogen and oxygen atoms in total. The Labute approximate surface area is 124 Å². The molecule has 20 heavy (non-hydrogen) atoms. The van der Waals surface area contributed by atoms with Crippen molar-refractivity contribution in [2.45, 2.75) is 20.1 Å². The minimum absolute atomic E-state index is 0.414. The first-order valence-electron chi connectivity index (χ1n) is 6.39. The van der Waals surface area contributed by atoms with Gasteiger partial charge in [0.15, 0.2) is 0 Å². The van der Waals surface area contributed by atoms with Crippen LogP contribution in [0.3, 0.4) is 0 Å². The van der Waals surface area contributed by atoms with Crippen LogP contribution in [-0.2, 0) is 13.2 Å². The fourth-order valence-corrected chi connectivity index (χ4v) is 2.17. The van der Waals surface area contributed by atoms with Crippen LogP contribution in [0.2, 0.25) is 5.02 Å². The van der Waals surface area contributed by atoms with Gasteiger partial charge in [0.1, 0.15) is 18.1 Å². The number of halogens is 1. The Morgan fingerprint density at radius 2 is 1.85 bits per heavy atom. The number of rotatable bonds is 5. The summed E-state index contributed by atoms with van der Waals surface area (Å²) in [4.78, 5) is 0. The lowest BCUT2D eigenvalue weighted by Gasteiger charge is -2.13. The molecule has 0 radical (unpaired) electrons. The number of nitrogens with two attached hydrogens (primary N) is 1. The molecule has 0 amide bonds. The number of hydrogen-bond donors (Lipinski definition) is 1. The molecule has 4 heteroatoms. The van der Waals surface area contributed by atoms with E-state index in [9.17, 15) is 0 Å². The van der Waals surface area contributed by atoms with Crippen molar-refractivity contribution in [1.82, 2.24) is 0 Å². The summed E-state index contributed by atoms with van der Waals surface area (Å²) in [6, 6.07) is 11.5. The van der Waals surface area contributed by atoms with Gasteiger partial charge in [0.25, 0.3) is 0 Å². The third-order valence-electron chi connectivity index (χ3n) is 3.07. The Kier molecular flexibility index (Phi) is 4.88. The summed E-state index contributed by atoms with van der Waals surface area (Å²) in [5, 5.41) is 0.633. The van der Waals surface area contributed by atoms with Gasteiger partial charge in [-0.2, -0.15) is 0 Å². The molecule has 0 aliphatic carbocycles. The highest BCUT2D eigenvalue weighted by Gasteiger charge is 2.07. The first-order chi connectivity index (χ1) is 9.63. The van der Waals surface area contributed by atoms with Crippen LogP contribution in [0.1, 0.15) is 16.7 Å². The smallest absolute Gasteiger partial charge is 0.125 e. The Morgan fingerprint density at radius 1 is 1.05 bits per heavy atom. The summed E-state index contributed by atoms with van der Waals surface area (Å²) in [5.41, 5.74) is 8.79. The van der Waals surface area contributed by atoms with E-state index in [1.165, 1.54) is 0 Å². The van der Waals surface area contributed by atoms with E-state index in [2.05, 4.69) is 0 Å². The summed E-state index contributed by atoms with van der Waals surface area (Å²) in [6.45, 7) is 2.86. The monoisotopic (exact) mass is 291 g/mol. The summed E-state index contributed by atoms with van der Waals surface area (Å²) in [5.74, 6) is 1.52. The summed E-state index contributed by atoms with van der Waals surface area (Å²) in [7, 11) is 1.65. The average molecular weight is 292 g/mol. The van der Waals surface area contributed by atoms with Crippen LogP contribution >= 0.6 is 11.6 Å². The number of hydrogen-bond acceptors (Lipinski definition) is 3. The van der Waals surface area contributed by atoms with Gasteiger partial charge in [0.05, 0.1) is 7.11 Å². The van der Waals surface area contributed by atoms with Gasteiger partial charge in [-0.1, -0.05) is 29.3 Å². The lowest BCUT2D eigenvalue weighted by atomic mass is 10.1. The fraction of sp³-hybridized carbons (Fsp3) is 0.250. The van der Waals surface area contributed by atoms with Gasteiger partial charge in [-0.15, -0.1) is 0 Å². The first kappa shape index (κ1) is 14.7. The van der Waals surface area contributed by atoms with Crippen LogP contribution in [0, 0.1) is 6.92 Å². The van der Waals surface area contributed by atoms with Gasteiger partial charge < -0.3 is 15.2 Å². The van der Waals surface area contributed by atoms with Crippen molar-refractivity contribution in [2.75, 3.05) is 7.11 Å². The molecule has 2 N–H and O–H groups in total. The molecule has 2 rings (SSSR count). The molecule has 0 spiro atoms. The molecule has 0 bridgehead atoms. The van der Waals surface area contributed by atoms with Crippen LogP contribution in [0.25, 0.3) is 0 Å². The molecule has 2 aromatic carbocycles. The third-order valence-corrected chi connectivity index (χ3v) is 3.30. The van der Waals surface area contributed by atoms with Gasteiger partial charge >= 0.3 is 0 Å². The lowest BCUT2D eigenvalue weighted by molar-refractivity contribution is 0.294. The quantitative estimate of drug-likeness (QED) is 0.913. The molecular weight excluding hydrogens is 274 g/mol. The van der Waals surface area contributed by atoms with E-state index < -0.39 is 0 Å². The summed E-state index contributed by atoms with van der Waals surface area (Å²) < 4.78 is 11.2. The number of methoxy groups -OCH3 is 1. The van der Waals surface area contributed by atoms with Gasteiger partial charge in [0.2, 0.25) is 0 Å². The molecule has 0 atom stereocenters. The molecular formula is C16H18ClNO2. The van der Waals surface area contributed by atoms with Crippen molar-refractivity contribution >= 4 is 11.6 Å². The van der Waals surface area contributed by atoms with Crippen molar-refractivity contribution in [1.29, 1.82) is 0 Å². The molecule has 2 aromatic rings. The van der Waals surface area contributed by atoms with Crippen molar-refractivity contribution in [3.63, 3.8) is 0 Å². The number of benzene rings is 2. The maximum atomic E-state index is 5.99.